The molecule has 2 aromatic carbocycles. The van der Waals surface area contributed by atoms with Gasteiger partial charge in [-0.05, 0) is 55.2 Å². The molecule has 3 rings (SSSR count). The number of fused-ring (bicyclic) bond motifs is 1. The number of amides is 1. The van der Waals surface area contributed by atoms with Crippen LogP contribution in [0.25, 0.3) is 10.9 Å². The molecule has 0 unspecified atom stereocenters. The lowest BCUT2D eigenvalue weighted by atomic mass is 10.0. The third-order valence-electron chi connectivity index (χ3n) is 4.84. The van der Waals surface area contributed by atoms with E-state index in [0.29, 0.717) is 18.2 Å². The van der Waals surface area contributed by atoms with E-state index < -0.39 is 0 Å². The quantitative estimate of drug-likeness (QED) is 0.580. The van der Waals surface area contributed by atoms with Gasteiger partial charge in [-0.3, -0.25) is 4.79 Å². The molecule has 3 nitrogen and oxygen atoms in total. The monoisotopic (exact) mass is 346 g/mol. The minimum absolute atomic E-state index is 0.0875. The van der Waals surface area contributed by atoms with Gasteiger partial charge in [-0.1, -0.05) is 43.7 Å². The molecule has 1 amide bonds. The first kappa shape index (κ1) is 18.0. The second kappa shape index (κ2) is 7.20. The van der Waals surface area contributed by atoms with Crippen molar-refractivity contribution in [2.45, 2.75) is 40.2 Å². The number of hydrogen-bond acceptors (Lipinski definition) is 1. The fourth-order valence-corrected chi connectivity index (χ4v) is 3.34. The molecule has 0 atom stereocenters. The van der Waals surface area contributed by atoms with E-state index in [1.54, 1.807) is 0 Å². The smallest absolute Gasteiger partial charge is 0.272 e. The lowest BCUT2D eigenvalue weighted by Crippen LogP contribution is -2.18. The number of carbonyl (C=O) groups excluding carboxylic acids is 1. The van der Waals surface area contributed by atoms with Crippen LogP contribution in [0.4, 0.5) is 5.69 Å². The molecule has 0 spiro atoms. The highest BCUT2D eigenvalue weighted by molar-refractivity contribution is 6.08. The molecule has 26 heavy (non-hydrogen) atoms. The molecule has 1 heterocycles. The SMILES string of the molecule is C=CCn1c(C(=O)Nc2ccc(C)cc2)c(C)c2cc(C(C)C)ccc21. The third-order valence-corrected chi connectivity index (χ3v) is 4.84. The fourth-order valence-electron chi connectivity index (χ4n) is 3.34. The normalized spacial score (nSPS) is 11.1. The number of benzene rings is 2. The summed E-state index contributed by atoms with van der Waals surface area (Å²) < 4.78 is 2.05. The summed E-state index contributed by atoms with van der Waals surface area (Å²) in [4.78, 5) is 13.0. The van der Waals surface area contributed by atoms with Crippen molar-refractivity contribution < 1.29 is 4.79 Å². The number of aryl methyl sites for hydroxylation is 2. The zero-order chi connectivity index (χ0) is 18.8. The Morgan fingerprint density at radius 2 is 1.85 bits per heavy atom. The molecule has 3 heteroatoms. The van der Waals surface area contributed by atoms with Crippen molar-refractivity contribution >= 4 is 22.5 Å². The second-order valence-corrected chi connectivity index (χ2v) is 7.12. The number of allylic oxidation sites excluding steroid dienone is 1. The van der Waals surface area contributed by atoms with Crippen LogP contribution in [0.15, 0.2) is 55.1 Å². The van der Waals surface area contributed by atoms with Crippen LogP contribution >= 0.6 is 0 Å². The maximum absolute atomic E-state index is 13.0. The first-order valence-electron chi connectivity index (χ1n) is 9.04. The van der Waals surface area contributed by atoms with Gasteiger partial charge in [-0.15, -0.1) is 6.58 Å². The number of aromatic nitrogens is 1. The lowest BCUT2D eigenvalue weighted by molar-refractivity contribution is 0.101. The number of nitrogens with one attached hydrogen (secondary N) is 1. The third kappa shape index (κ3) is 3.30. The maximum Gasteiger partial charge on any atom is 0.272 e. The van der Waals surface area contributed by atoms with Crippen molar-refractivity contribution in [1.82, 2.24) is 4.57 Å². The average molecular weight is 346 g/mol. The molecule has 0 saturated heterocycles. The summed E-state index contributed by atoms with van der Waals surface area (Å²) in [5, 5.41) is 4.16. The Morgan fingerprint density at radius 3 is 2.46 bits per heavy atom. The molecule has 0 aliphatic rings. The van der Waals surface area contributed by atoms with E-state index in [2.05, 4.69) is 43.9 Å². The van der Waals surface area contributed by atoms with Crippen molar-refractivity contribution in [3.8, 4) is 0 Å². The first-order valence-corrected chi connectivity index (χ1v) is 9.04. The van der Waals surface area contributed by atoms with Gasteiger partial charge in [-0.2, -0.15) is 0 Å². The molecular formula is C23H26N2O. The summed E-state index contributed by atoms with van der Waals surface area (Å²) in [5.41, 5.74) is 6.03. The van der Waals surface area contributed by atoms with Crippen LogP contribution in [-0.4, -0.2) is 10.5 Å². The number of nitrogens with zero attached hydrogens (tertiary/aromatic N) is 1. The predicted molar refractivity (Wildman–Crippen MR) is 110 cm³/mol. The van der Waals surface area contributed by atoms with Gasteiger partial charge >= 0.3 is 0 Å². The summed E-state index contributed by atoms with van der Waals surface area (Å²) in [7, 11) is 0. The Kier molecular flexibility index (Phi) is 4.99. The Labute approximate surface area is 155 Å². The van der Waals surface area contributed by atoms with E-state index in [4.69, 9.17) is 0 Å². The minimum atomic E-state index is -0.0875. The molecule has 0 radical (unpaired) electrons. The summed E-state index contributed by atoms with van der Waals surface area (Å²) in [6.45, 7) is 12.9. The van der Waals surface area contributed by atoms with Crippen LogP contribution in [0, 0.1) is 13.8 Å². The maximum atomic E-state index is 13.0. The lowest BCUT2D eigenvalue weighted by Gasteiger charge is -2.10. The van der Waals surface area contributed by atoms with Gasteiger partial charge in [0.05, 0.1) is 0 Å². The van der Waals surface area contributed by atoms with E-state index in [0.717, 1.165) is 22.2 Å². The largest absolute Gasteiger partial charge is 0.332 e. The van der Waals surface area contributed by atoms with E-state index in [9.17, 15) is 4.79 Å². The van der Waals surface area contributed by atoms with E-state index in [1.165, 1.54) is 11.1 Å². The molecule has 0 saturated carbocycles. The Morgan fingerprint density at radius 1 is 1.15 bits per heavy atom. The Bertz CT molecular complexity index is 962. The van der Waals surface area contributed by atoms with Gasteiger partial charge in [0.2, 0.25) is 0 Å². The van der Waals surface area contributed by atoms with Crippen LogP contribution in [0.3, 0.4) is 0 Å². The highest BCUT2D eigenvalue weighted by atomic mass is 16.2. The van der Waals surface area contributed by atoms with Gasteiger partial charge in [0.15, 0.2) is 0 Å². The van der Waals surface area contributed by atoms with Crippen LogP contribution in [0.2, 0.25) is 0 Å². The molecule has 1 aromatic heterocycles. The first-order chi connectivity index (χ1) is 12.4. The minimum Gasteiger partial charge on any atom is -0.332 e. The summed E-state index contributed by atoms with van der Waals surface area (Å²) >= 11 is 0. The fraction of sp³-hybridized carbons (Fsp3) is 0.261. The van der Waals surface area contributed by atoms with Crippen molar-refractivity contribution in [2.75, 3.05) is 5.32 Å². The van der Waals surface area contributed by atoms with E-state index in [-0.39, 0.29) is 5.91 Å². The molecule has 0 fully saturated rings. The van der Waals surface area contributed by atoms with Crippen molar-refractivity contribution in [3.05, 3.63) is 77.5 Å². The molecular weight excluding hydrogens is 320 g/mol. The number of anilines is 1. The number of rotatable bonds is 5. The van der Waals surface area contributed by atoms with Crippen molar-refractivity contribution in [2.24, 2.45) is 0 Å². The van der Waals surface area contributed by atoms with Crippen molar-refractivity contribution in [1.29, 1.82) is 0 Å². The summed E-state index contributed by atoms with van der Waals surface area (Å²) in [6, 6.07) is 14.3. The Hall–Kier alpha value is -2.81. The highest BCUT2D eigenvalue weighted by Gasteiger charge is 2.20. The van der Waals surface area contributed by atoms with Crippen LogP contribution in [0.5, 0.6) is 0 Å². The molecule has 0 aliphatic heterocycles. The predicted octanol–water partition coefficient (Wildman–Crippen LogP) is 5.82. The van der Waals surface area contributed by atoms with E-state index >= 15 is 0 Å². The number of carbonyl (C=O) groups is 1. The summed E-state index contributed by atoms with van der Waals surface area (Å²) in [6.07, 6.45) is 1.83. The summed E-state index contributed by atoms with van der Waals surface area (Å²) in [5.74, 6) is 0.363. The molecule has 0 bridgehead atoms. The second-order valence-electron chi connectivity index (χ2n) is 7.12. The topological polar surface area (TPSA) is 34.0 Å². The Balaban J connectivity index is 2.09. The van der Waals surface area contributed by atoms with Gasteiger partial charge in [-0.25, -0.2) is 0 Å². The van der Waals surface area contributed by atoms with Gasteiger partial charge in [0.25, 0.3) is 5.91 Å². The van der Waals surface area contributed by atoms with Gasteiger partial charge in [0, 0.05) is 23.1 Å². The van der Waals surface area contributed by atoms with E-state index in [1.807, 2.05) is 48.8 Å². The number of hydrogen-bond donors (Lipinski definition) is 1. The van der Waals surface area contributed by atoms with Crippen LogP contribution in [-0.2, 0) is 6.54 Å². The van der Waals surface area contributed by atoms with Crippen molar-refractivity contribution in [3.63, 3.8) is 0 Å². The van der Waals surface area contributed by atoms with Crippen LogP contribution < -0.4 is 5.32 Å². The van der Waals surface area contributed by atoms with Gasteiger partial charge in [0.1, 0.15) is 5.69 Å². The molecule has 1 N–H and O–H groups in total. The highest BCUT2D eigenvalue weighted by Crippen LogP contribution is 2.29. The standard InChI is InChI=1S/C23H26N2O/c1-6-13-25-21-12-9-18(15(2)3)14-20(21)17(5)22(25)23(26)24-19-10-7-16(4)8-11-19/h6-12,14-15H,1,13H2,2-5H3,(H,24,26). The average Bonchev–Trinajstić information content (AvgIpc) is 2.89. The van der Waals surface area contributed by atoms with Crippen LogP contribution in [0.1, 0.15) is 46.9 Å². The zero-order valence-corrected chi connectivity index (χ0v) is 16.0. The zero-order valence-electron chi connectivity index (χ0n) is 16.0. The van der Waals surface area contributed by atoms with Gasteiger partial charge < -0.3 is 9.88 Å². The molecule has 3 aromatic rings. The molecule has 134 valence electrons. The molecule has 0 aliphatic carbocycles.